The molecule has 0 unspecified atom stereocenters. The lowest BCUT2D eigenvalue weighted by Gasteiger charge is -2.30. The Labute approximate surface area is 130 Å². The summed E-state index contributed by atoms with van der Waals surface area (Å²) in [7, 11) is 1.37. The van der Waals surface area contributed by atoms with Crippen molar-refractivity contribution in [1.82, 2.24) is 10.5 Å². The Bertz CT molecular complexity index is 523. The van der Waals surface area contributed by atoms with E-state index in [1.54, 1.807) is 13.8 Å². The highest BCUT2D eigenvalue weighted by Crippen LogP contribution is 2.28. The Kier molecular flexibility index (Phi) is 5.21. The summed E-state index contributed by atoms with van der Waals surface area (Å²) in [6.45, 7) is 3.59. The predicted molar refractivity (Wildman–Crippen MR) is 80.3 cm³/mol. The van der Waals surface area contributed by atoms with Gasteiger partial charge in [-0.05, 0) is 26.7 Å². The molecule has 1 aromatic rings. The van der Waals surface area contributed by atoms with Crippen LogP contribution in [0.5, 0.6) is 0 Å². The summed E-state index contributed by atoms with van der Waals surface area (Å²) < 4.78 is 10.0. The van der Waals surface area contributed by atoms with Crippen molar-refractivity contribution >= 4 is 11.9 Å². The summed E-state index contributed by atoms with van der Waals surface area (Å²) in [5.41, 5.74) is 0.605. The van der Waals surface area contributed by atoms with E-state index in [4.69, 9.17) is 9.26 Å². The summed E-state index contributed by atoms with van der Waals surface area (Å²) >= 11 is 0. The second kappa shape index (κ2) is 6.94. The average molecular weight is 308 g/mol. The largest absolute Gasteiger partial charge is 0.467 e. The number of amides is 1. The molecule has 0 radical (unpaired) electrons. The first-order valence-electron chi connectivity index (χ1n) is 7.80. The van der Waals surface area contributed by atoms with Gasteiger partial charge in [-0.3, -0.25) is 4.79 Å². The van der Waals surface area contributed by atoms with Gasteiger partial charge in [0.2, 0.25) is 5.91 Å². The van der Waals surface area contributed by atoms with Crippen molar-refractivity contribution in [2.24, 2.45) is 0 Å². The number of aryl methyl sites for hydroxylation is 2. The van der Waals surface area contributed by atoms with Crippen molar-refractivity contribution in [2.45, 2.75) is 64.3 Å². The number of carbonyl (C=O) groups is 2. The van der Waals surface area contributed by atoms with Gasteiger partial charge in [-0.1, -0.05) is 30.8 Å². The fraction of sp³-hybridized carbons (Fsp3) is 0.688. The number of nitrogens with one attached hydrogen (secondary N) is 1. The fourth-order valence-electron chi connectivity index (χ4n) is 3.13. The zero-order valence-corrected chi connectivity index (χ0v) is 13.5. The number of ether oxygens (including phenoxy) is 1. The number of methoxy groups -OCH3 is 1. The minimum absolute atomic E-state index is 0.167. The maximum Gasteiger partial charge on any atom is 0.331 e. The van der Waals surface area contributed by atoms with Crippen LogP contribution < -0.4 is 5.32 Å². The van der Waals surface area contributed by atoms with Gasteiger partial charge in [-0.2, -0.15) is 0 Å². The highest BCUT2D eigenvalue weighted by molar-refractivity contribution is 5.89. The number of nitrogens with zero attached hydrogens (tertiary/aromatic N) is 1. The molecule has 1 saturated carbocycles. The second-order valence-corrected chi connectivity index (χ2v) is 6.02. The van der Waals surface area contributed by atoms with Gasteiger partial charge in [-0.25, -0.2) is 4.79 Å². The molecule has 1 aromatic heterocycles. The van der Waals surface area contributed by atoms with Gasteiger partial charge in [0.05, 0.1) is 19.2 Å². The van der Waals surface area contributed by atoms with Crippen molar-refractivity contribution in [3.63, 3.8) is 0 Å². The van der Waals surface area contributed by atoms with Gasteiger partial charge in [0.1, 0.15) is 11.3 Å². The molecular weight excluding hydrogens is 284 g/mol. The quantitative estimate of drug-likeness (QED) is 0.681. The van der Waals surface area contributed by atoms with Crippen molar-refractivity contribution in [1.29, 1.82) is 0 Å². The first kappa shape index (κ1) is 16.5. The van der Waals surface area contributed by atoms with Gasteiger partial charge in [0.15, 0.2) is 0 Å². The van der Waals surface area contributed by atoms with Gasteiger partial charge in [0.25, 0.3) is 0 Å². The highest BCUT2D eigenvalue weighted by atomic mass is 16.5. The van der Waals surface area contributed by atoms with E-state index in [2.05, 4.69) is 10.5 Å². The lowest BCUT2D eigenvalue weighted by atomic mass is 9.89. The van der Waals surface area contributed by atoms with E-state index >= 15 is 0 Å². The normalized spacial score (nSPS) is 17.6. The number of carbonyl (C=O) groups excluding carboxylic acids is 2. The molecule has 0 aliphatic heterocycles. The molecule has 122 valence electrons. The molecule has 1 N–H and O–H groups in total. The molecule has 0 spiro atoms. The monoisotopic (exact) mass is 308 g/mol. The van der Waals surface area contributed by atoms with E-state index in [-0.39, 0.29) is 18.3 Å². The van der Waals surface area contributed by atoms with Crippen LogP contribution in [-0.4, -0.2) is 29.7 Å². The van der Waals surface area contributed by atoms with E-state index in [1.807, 2.05) is 0 Å². The van der Waals surface area contributed by atoms with Gasteiger partial charge in [0, 0.05) is 5.56 Å². The summed E-state index contributed by atoms with van der Waals surface area (Å²) in [5, 5.41) is 6.79. The molecule has 1 amide bonds. The average Bonchev–Trinajstić information content (AvgIpc) is 2.72. The lowest BCUT2D eigenvalue weighted by Crippen LogP contribution is -2.55. The molecular formula is C16H24N2O4. The summed E-state index contributed by atoms with van der Waals surface area (Å²) in [5.74, 6) is 0.101. The van der Waals surface area contributed by atoms with Crippen molar-refractivity contribution in [3.05, 3.63) is 17.0 Å². The van der Waals surface area contributed by atoms with Crippen LogP contribution in [-0.2, 0) is 20.7 Å². The van der Waals surface area contributed by atoms with Crippen LogP contribution in [0.25, 0.3) is 0 Å². The van der Waals surface area contributed by atoms with E-state index in [0.29, 0.717) is 24.3 Å². The molecule has 0 saturated heterocycles. The van der Waals surface area contributed by atoms with Crippen molar-refractivity contribution in [3.8, 4) is 0 Å². The number of hydrogen-bond acceptors (Lipinski definition) is 5. The van der Waals surface area contributed by atoms with Crippen LogP contribution in [0.2, 0.25) is 0 Å². The van der Waals surface area contributed by atoms with Gasteiger partial charge >= 0.3 is 5.97 Å². The van der Waals surface area contributed by atoms with Gasteiger partial charge in [-0.15, -0.1) is 0 Å². The Hall–Kier alpha value is -1.85. The minimum Gasteiger partial charge on any atom is -0.467 e. The first-order valence-corrected chi connectivity index (χ1v) is 7.80. The molecule has 2 rings (SSSR count). The Morgan fingerprint density at radius 3 is 2.36 bits per heavy atom. The van der Waals surface area contributed by atoms with Crippen LogP contribution >= 0.6 is 0 Å². The number of hydrogen-bond donors (Lipinski definition) is 1. The summed E-state index contributed by atoms with van der Waals surface area (Å²) in [4.78, 5) is 24.7. The van der Waals surface area contributed by atoms with Crippen LogP contribution in [0, 0.1) is 13.8 Å². The highest BCUT2D eigenvalue weighted by Gasteiger charge is 2.41. The molecule has 1 heterocycles. The molecule has 1 aliphatic carbocycles. The Balaban J connectivity index is 2.13. The zero-order chi connectivity index (χ0) is 16.2. The number of esters is 1. The second-order valence-electron chi connectivity index (χ2n) is 6.02. The molecule has 0 atom stereocenters. The van der Waals surface area contributed by atoms with Crippen molar-refractivity contribution in [2.75, 3.05) is 7.11 Å². The Morgan fingerprint density at radius 2 is 1.86 bits per heavy atom. The van der Waals surface area contributed by atoms with Crippen LogP contribution in [0.15, 0.2) is 4.52 Å². The molecule has 6 heteroatoms. The summed E-state index contributed by atoms with van der Waals surface area (Å²) in [6, 6.07) is 0. The standard InChI is InChI=1S/C16H24N2O4/c1-11-13(12(2)22-18-11)10-14(19)17-16(15(20)21-3)8-6-4-5-7-9-16/h4-10H2,1-3H3,(H,17,19). The third-order valence-corrected chi connectivity index (χ3v) is 4.43. The minimum atomic E-state index is -0.888. The SMILES string of the molecule is COC(=O)C1(NC(=O)Cc2c(C)noc2C)CCCCCC1. The first-order chi connectivity index (χ1) is 10.5. The molecule has 1 aliphatic rings. The van der Waals surface area contributed by atoms with Crippen LogP contribution in [0.1, 0.15) is 55.5 Å². The maximum atomic E-state index is 12.4. The molecule has 0 bridgehead atoms. The third kappa shape index (κ3) is 3.48. The van der Waals surface area contributed by atoms with Crippen LogP contribution in [0.4, 0.5) is 0 Å². The van der Waals surface area contributed by atoms with E-state index in [1.165, 1.54) is 7.11 Å². The fourth-order valence-corrected chi connectivity index (χ4v) is 3.13. The van der Waals surface area contributed by atoms with E-state index < -0.39 is 5.54 Å². The van der Waals surface area contributed by atoms with Crippen LogP contribution in [0.3, 0.4) is 0 Å². The van der Waals surface area contributed by atoms with E-state index in [9.17, 15) is 9.59 Å². The number of aromatic nitrogens is 1. The number of rotatable bonds is 4. The molecule has 1 fully saturated rings. The lowest BCUT2D eigenvalue weighted by molar-refractivity contribution is -0.151. The molecule has 0 aromatic carbocycles. The topological polar surface area (TPSA) is 81.4 Å². The van der Waals surface area contributed by atoms with Crippen molar-refractivity contribution < 1.29 is 18.8 Å². The third-order valence-electron chi connectivity index (χ3n) is 4.43. The van der Waals surface area contributed by atoms with E-state index in [0.717, 1.165) is 31.2 Å². The smallest absolute Gasteiger partial charge is 0.331 e. The molecule has 22 heavy (non-hydrogen) atoms. The zero-order valence-electron chi connectivity index (χ0n) is 13.5. The Morgan fingerprint density at radius 1 is 1.23 bits per heavy atom. The van der Waals surface area contributed by atoms with Gasteiger partial charge < -0.3 is 14.6 Å². The molecule has 6 nitrogen and oxygen atoms in total. The predicted octanol–water partition coefficient (Wildman–Crippen LogP) is 2.22. The summed E-state index contributed by atoms with van der Waals surface area (Å²) in [6.07, 6.45) is 5.43. The maximum absolute atomic E-state index is 12.4.